The third-order valence-corrected chi connectivity index (χ3v) is 5.19. The standard InChI is InChI=1S/C24H21N5OS2/c1-16-8-10-18(11-9-16)25-23(31)28-22-26-21(17-6-4-3-5-7-17)27-24(32)29(22)19-12-14-20(30-2)15-13-19/h3-15H,1-2H3,(H2,25,26,27,28,31,32). The maximum Gasteiger partial charge on any atom is 0.218 e. The summed E-state index contributed by atoms with van der Waals surface area (Å²) in [6.07, 6.45) is 0. The number of thiocarbonyl (C=S) groups is 1. The number of aromatic nitrogens is 3. The van der Waals surface area contributed by atoms with Crippen molar-refractivity contribution in [3.05, 3.63) is 89.2 Å². The Morgan fingerprint density at radius 3 is 2.22 bits per heavy atom. The normalized spacial score (nSPS) is 10.4. The lowest BCUT2D eigenvalue weighted by molar-refractivity contribution is 0.414. The van der Waals surface area contributed by atoms with Gasteiger partial charge in [0.05, 0.1) is 12.8 Å². The SMILES string of the molecule is COc1ccc(-n2c(NC(=S)Nc3ccc(C)cc3)nc(-c3ccccc3)nc2=S)cc1. The molecule has 4 rings (SSSR count). The second kappa shape index (κ2) is 9.67. The van der Waals surface area contributed by atoms with Crippen LogP contribution in [-0.4, -0.2) is 26.8 Å². The fraction of sp³-hybridized carbons (Fsp3) is 0.0833. The highest BCUT2D eigenvalue weighted by atomic mass is 32.1. The van der Waals surface area contributed by atoms with Gasteiger partial charge in [0.25, 0.3) is 0 Å². The molecule has 0 spiro atoms. The quantitative estimate of drug-likeness (QED) is 0.366. The molecule has 0 radical (unpaired) electrons. The van der Waals surface area contributed by atoms with Crippen molar-refractivity contribution in [2.24, 2.45) is 0 Å². The number of nitrogens with zero attached hydrogens (tertiary/aromatic N) is 3. The van der Waals surface area contributed by atoms with Gasteiger partial charge < -0.3 is 15.4 Å². The van der Waals surface area contributed by atoms with Crippen LogP contribution in [0.1, 0.15) is 5.56 Å². The van der Waals surface area contributed by atoms with E-state index in [2.05, 4.69) is 15.6 Å². The first-order valence-corrected chi connectivity index (χ1v) is 10.7. The van der Waals surface area contributed by atoms with E-state index in [9.17, 15) is 0 Å². The van der Waals surface area contributed by atoms with Gasteiger partial charge in [-0.2, -0.15) is 9.97 Å². The van der Waals surface area contributed by atoms with Gasteiger partial charge in [-0.3, -0.25) is 4.57 Å². The van der Waals surface area contributed by atoms with E-state index in [1.165, 1.54) is 5.56 Å². The molecule has 160 valence electrons. The van der Waals surface area contributed by atoms with Crippen LogP contribution in [0.15, 0.2) is 78.9 Å². The molecule has 8 heteroatoms. The van der Waals surface area contributed by atoms with E-state index in [0.29, 0.717) is 21.7 Å². The molecular formula is C24H21N5OS2. The number of aryl methyl sites for hydroxylation is 1. The van der Waals surface area contributed by atoms with Crippen LogP contribution in [0.3, 0.4) is 0 Å². The van der Waals surface area contributed by atoms with Crippen LogP contribution >= 0.6 is 24.4 Å². The summed E-state index contributed by atoms with van der Waals surface area (Å²) in [5.41, 5.74) is 3.70. The Balaban J connectivity index is 1.74. The largest absolute Gasteiger partial charge is 0.497 e. The zero-order valence-corrected chi connectivity index (χ0v) is 19.2. The number of benzene rings is 3. The molecule has 0 aliphatic heterocycles. The topological polar surface area (TPSA) is 64.0 Å². The smallest absolute Gasteiger partial charge is 0.218 e. The number of anilines is 2. The average Bonchev–Trinajstić information content (AvgIpc) is 2.81. The zero-order chi connectivity index (χ0) is 22.5. The number of hydrogen-bond donors (Lipinski definition) is 2. The summed E-state index contributed by atoms with van der Waals surface area (Å²) in [5.74, 6) is 1.72. The molecule has 2 N–H and O–H groups in total. The van der Waals surface area contributed by atoms with Gasteiger partial charge in [0.15, 0.2) is 10.9 Å². The molecule has 4 aromatic rings. The minimum atomic E-state index is 0.352. The number of methoxy groups -OCH3 is 1. The van der Waals surface area contributed by atoms with Crippen molar-refractivity contribution in [1.29, 1.82) is 0 Å². The van der Waals surface area contributed by atoms with Crippen LogP contribution in [0, 0.1) is 11.7 Å². The van der Waals surface area contributed by atoms with Crippen LogP contribution in [0.25, 0.3) is 17.1 Å². The fourth-order valence-corrected chi connectivity index (χ4v) is 3.56. The molecule has 0 fully saturated rings. The van der Waals surface area contributed by atoms with Gasteiger partial charge in [0.2, 0.25) is 10.7 Å². The van der Waals surface area contributed by atoms with Crippen LogP contribution in [0.5, 0.6) is 5.75 Å². The van der Waals surface area contributed by atoms with Crippen molar-refractivity contribution in [2.75, 3.05) is 17.7 Å². The molecule has 1 heterocycles. The van der Waals surface area contributed by atoms with Crippen LogP contribution in [-0.2, 0) is 0 Å². The Bertz CT molecular complexity index is 1290. The monoisotopic (exact) mass is 459 g/mol. The highest BCUT2D eigenvalue weighted by Crippen LogP contribution is 2.22. The molecule has 0 bridgehead atoms. The van der Waals surface area contributed by atoms with Crippen molar-refractivity contribution < 1.29 is 4.74 Å². The van der Waals surface area contributed by atoms with E-state index in [-0.39, 0.29) is 0 Å². The second-order valence-corrected chi connectivity index (χ2v) is 7.77. The predicted molar refractivity (Wildman–Crippen MR) is 135 cm³/mol. The van der Waals surface area contributed by atoms with E-state index in [4.69, 9.17) is 34.2 Å². The van der Waals surface area contributed by atoms with Crippen molar-refractivity contribution in [1.82, 2.24) is 14.5 Å². The molecule has 32 heavy (non-hydrogen) atoms. The summed E-state index contributed by atoms with van der Waals surface area (Å²) >= 11 is 11.2. The predicted octanol–water partition coefficient (Wildman–Crippen LogP) is 5.79. The fourth-order valence-electron chi connectivity index (χ4n) is 3.07. The molecule has 6 nitrogen and oxygen atoms in total. The van der Waals surface area contributed by atoms with Crippen molar-refractivity contribution >= 4 is 41.2 Å². The first-order valence-electron chi connectivity index (χ1n) is 9.89. The molecule has 0 aliphatic rings. The van der Waals surface area contributed by atoms with Gasteiger partial charge in [0, 0.05) is 11.3 Å². The summed E-state index contributed by atoms with van der Waals surface area (Å²) in [6.45, 7) is 2.04. The van der Waals surface area contributed by atoms with Crippen LogP contribution in [0.2, 0.25) is 0 Å². The van der Waals surface area contributed by atoms with Gasteiger partial charge in [0.1, 0.15) is 5.75 Å². The van der Waals surface area contributed by atoms with Gasteiger partial charge in [-0.05, 0) is 67.8 Å². The van der Waals surface area contributed by atoms with E-state index in [1.807, 2.05) is 85.8 Å². The minimum Gasteiger partial charge on any atom is -0.497 e. The van der Waals surface area contributed by atoms with Gasteiger partial charge >= 0.3 is 0 Å². The molecule has 0 atom stereocenters. The van der Waals surface area contributed by atoms with Gasteiger partial charge in [-0.15, -0.1) is 0 Å². The molecule has 0 amide bonds. The Morgan fingerprint density at radius 1 is 0.875 bits per heavy atom. The summed E-state index contributed by atoms with van der Waals surface area (Å²) in [7, 11) is 1.63. The maximum absolute atomic E-state index is 5.64. The van der Waals surface area contributed by atoms with Crippen LogP contribution < -0.4 is 15.4 Å². The van der Waals surface area contributed by atoms with Gasteiger partial charge in [-0.25, -0.2) is 0 Å². The molecule has 0 unspecified atom stereocenters. The highest BCUT2D eigenvalue weighted by molar-refractivity contribution is 7.80. The maximum atomic E-state index is 5.64. The number of ether oxygens (including phenoxy) is 1. The second-order valence-electron chi connectivity index (χ2n) is 7.00. The third-order valence-electron chi connectivity index (χ3n) is 4.71. The first-order chi connectivity index (χ1) is 15.5. The lowest BCUT2D eigenvalue weighted by Gasteiger charge is -2.17. The molecular weight excluding hydrogens is 438 g/mol. The Morgan fingerprint density at radius 2 is 1.56 bits per heavy atom. The average molecular weight is 460 g/mol. The molecule has 1 aromatic heterocycles. The molecule has 0 aliphatic carbocycles. The molecule has 0 saturated heterocycles. The molecule has 3 aromatic carbocycles. The number of hydrogen-bond acceptors (Lipinski definition) is 5. The molecule has 0 saturated carbocycles. The lowest BCUT2D eigenvalue weighted by Crippen LogP contribution is -2.23. The summed E-state index contributed by atoms with van der Waals surface area (Å²) in [6, 6.07) is 25.1. The van der Waals surface area contributed by atoms with Gasteiger partial charge in [-0.1, -0.05) is 48.0 Å². The minimum absolute atomic E-state index is 0.352. The first kappa shape index (κ1) is 21.6. The van der Waals surface area contributed by atoms with E-state index >= 15 is 0 Å². The Labute approximate surface area is 196 Å². The lowest BCUT2D eigenvalue weighted by atomic mass is 10.2. The van der Waals surface area contributed by atoms with Crippen LogP contribution in [0.4, 0.5) is 11.6 Å². The van der Waals surface area contributed by atoms with E-state index in [1.54, 1.807) is 11.7 Å². The Kier molecular flexibility index (Phi) is 6.53. The van der Waals surface area contributed by atoms with E-state index < -0.39 is 0 Å². The van der Waals surface area contributed by atoms with Crippen molar-refractivity contribution in [3.8, 4) is 22.8 Å². The summed E-state index contributed by atoms with van der Waals surface area (Å²) in [5, 5.41) is 6.76. The number of rotatable bonds is 5. The highest BCUT2D eigenvalue weighted by Gasteiger charge is 2.13. The Hall–Kier alpha value is -3.62. The third kappa shape index (κ3) is 4.99. The number of nitrogens with one attached hydrogen (secondary N) is 2. The summed E-state index contributed by atoms with van der Waals surface area (Å²) in [4.78, 5) is 9.29. The zero-order valence-electron chi connectivity index (χ0n) is 17.6. The van der Waals surface area contributed by atoms with E-state index in [0.717, 1.165) is 22.7 Å². The summed E-state index contributed by atoms with van der Waals surface area (Å²) < 4.78 is 7.36. The van der Waals surface area contributed by atoms with Crippen molar-refractivity contribution in [2.45, 2.75) is 6.92 Å². The van der Waals surface area contributed by atoms with Crippen molar-refractivity contribution in [3.63, 3.8) is 0 Å².